The number of benzene rings is 2. The number of rotatable bonds is 8. The molecule has 2 saturated heterocycles. The maximum atomic E-state index is 13.2. The summed E-state index contributed by atoms with van der Waals surface area (Å²) in [5.41, 5.74) is 2.52. The van der Waals surface area contributed by atoms with Crippen molar-refractivity contribution in [1.29, 1.82) is 0 Å². The van der Waals surface area contributed by atoms with E-state index in [1.807, 2.05) is 40.1 Å². The van der Waals surface area contributed by atoms with Crippen LogP contribution in [0.2, 0.25) is 0 Å². The Morgan fingerprint density at radius 3 is 2.52 bits per heavy atom. The third-order valence-corrected chi connectivity index (χ3v) is 6.81. The van der Waals surface area contributed by atoms with E-state index >= 15 is 0 Å². The fraction of sp³-hybridized carbons (Fsp3) is 0.481. The van der Waals surface area contributed by atoms with Crippen LogP contribution in [0.25, 0.3) is 0 Å². The summed E-state index contributed by atoms with van der Waals surface area (Å²) >= 11 is 0. The largest absolute Gasteiger partial charge is 0.497 e. The van der Waals surface area contributed by atoms with Gasteiger partial charge in [-0.05, 0) is 42.5 Å². The fourth-order valence-electron chi connectivity index (χ4n) is 4.86. The zero-order valence-electron chi connectivity index (χ0n) is 19.6. The minimum absolute atomic E-state index is 0.0654. The Hall–Kier alpha value is -2.86. The van der Waals surface area contributed by atoms with Crippen molar-refractivity contribution in [3.05, 3.63) is 65.7 Å². The minimum atomic E-state index is -0.0654. The quantitative estimate of drug-likeness (QED) is 0.621. The molecule has 6 heteroatoms. The Bertz CT molecular complexity index is 925. The van der Waals surface area contributed by atoms with Crippen LogP contribution in [-0.4, -0.2) is 72.9 Å². The second-order valence-electron chi connectivity index (χ2n) is 9.12. The van der Waals surface area contributed by atoms with E-state index in [0.717, 1.165) is 57.9 Å². The highest BCUT2D eigenvalue weighted by molar-refractivity contribution is 5.84. The first-order chi connectivity index (χ1) is 16.1. The van der Waals surface area contributed by atoms with Gasteiger partial charge in [0.2, 0.25) is 11.8 Å². The van der Waals surface area contributed by atoms with E-state index in [9.17, 15) is 9.59 Å². The molecule has 0 radical (unpaired) electrons. The van der Waals surface area contributed by atoms with Crippen molar-refractivity contribution >= 4 is 11.8 Å². The normalized spacial score (nSPS) is 19.5. The molecule has 2 aliphatic heterocycles. The highest BCUT2D eigenvalue weighted by atomic mass is 16.5. The van der Waals surface area contributed by atoms with E-state index in [2.05, 4.69) is 29.2 Å². The SMILES string of the molecule is COc1cccc(CN2CCN(C(=O)[C@H]3CCC(=O)N(CCCc4ccccc4)C3)CC2)c1. The summed E-state index contributed by atoms with van der Waals surface area (Å²) < 4.78 is 5.32. The number of carbonyl (C=O) groups is 2. The van der Waals surface area contributed by atoms with Gasteiger partial charge >= 0.3 is 0 Å². The van der Waals surface area contributed by atoms with Crippen LogP contribution >= 0.6 is 0 Å². The molecule has 0 aromatic heterocycles. The van der Waals surface area contributed by atoms with Crippen LogP contribution in [-0.2, 0) is 22.6 Å². The second-order valence-corrected chi connectivity index (χ2v) is 9.12. The van der Waals surface area contributed by atoms with Crippen LogP contribution in [0.15, 0.2) is 54.6 Å². The maximum absolute atomic E-state index is 13.2. The standard InChI is InChI=1S/C27H35N3O3/c1-33-25-11-5-9-23(19-25)20-28-15-17-29(18-16-28)27(32)24-12-13-26(31)30(21-24)14-6-10-22-7-3-2-4-8-22/h2-5,7-9,11,19,24H,6,10,12-18,20-21H2,1H3/t24-/m0/s1. The molecule has 176 valence electrons. The summed E-state index contributed by atoms with van der Waals surface area (Å²) in [6.07, 6.45) is 3.05. The van der Waals surface area contributed by atoms with Crippen LogP contribution in [0.4, 0.5) is 0 Å². The molecule has 0 N–H and O–H groups in total. The summed E-state index contributed by atoms with van der Waals surface area (Å²) in [6, 6.07) is 18.5. The van der Waals surface area contributed by atoms with Gasteiger partial charge in [0.1, 0.15) is 5.75 Å². The van der Waals surface area contributed by atoms with Crippen molar-refractivity contribution in [3.8, 4) is 5.75 Å². The van der Waals surface area contributed by atoms with Crippen molar-refractivity contribution < 1.29 is 14.3 Å². The Balaban J connectivity index is 1.23. The van der Waals surface area contributed by atoms with E-state index in [0.29, 0.717) is 19.4 Å². The molecule has 4 rings (SSSR count). The third kappa shape index (κ3) is 6.35. The number of methoxy groups -OCH3 is 1. The number of carbonyl (C=O) groups excluding carboxylic acids is 2. The van der Waals surface area contributed by atoms with E-state index in [1.54, 1.807) is 7.11 Å². The van der Waals surface area contributed by atoms with Crippen LogP contribution in [0, 0.1) is 5.92 Å². The molecule has 2 aromatic rings. The van der Waals surface area contributed by atoms with Gasteiger partial charge in [0.05, 0.1) is 13.0 Å². The molecule has 2 aromatic carbocycles. The first kappa shape index (κ1) is 23.3. The van der Waals surface area contributed by atoms with Gasteiger partial charge in [-0.15, -0.1) is 0 Å². The van der Waals surface area contributed by atoms with E-state index in [1.165, 1.54) is 11.1 Å². The number of piperidine rings is 1. The van der Waals surface area contributed by atoms with E-state index in [-0.39, 0.29) is 17.7 Å². The van der Waals surface area contributed by atoms with Crippen molar-refractivity contribution in [2.45, 2.75) is 32.2 Å². The molecule has 2 heterocycles. The topological polar surface area (TPSA) is 53.1 Å². The molecule has 33 heavy (non-hydrogen) atoms. The molecule has 2 aliphatic rings. The molecule has 0 unspecified atom stereocenters. The highest BCUT2D eigenvalue weighted by Gasteiger charge is 2.33. The first-order valence-corrected chi connectivity index (χ1v) is 12.1. The number of hydrogen-bond donors (Lipinski definition) is 0. The van der Waals surface area contributed by atoms with Gasteiger partial charge in [0, 0.05) is 52.2 Å². The van der Waals surface area contributed by atoms with Crippen molar-refractivity contribution in [3.63, 3.8) is 0 Å². The summed E-state index contributed by atoms with van der Waals surface area (Å²) in [5, 5.41) is 0. The minimum Gasteiger partial charge on any atom is -0.497 e. The molecule has 0 spiro atoms. The molecule has 0 bridgehead atoms. The average molecular weight is 450 g/mol. The van der Waals surface area contributed by atoms with Crippen LogP contribution in [0.3, 0.4) is 0 Å². The molecule has 1 atom stereocenters. The van der Waals surface area contributed by atoms with Gasteiger partial charge in [0.15, 0.2) is 0 Å². The van der Waals surface area contributed by atoms with Gasteiger partial charge in [-0.2, -0.15) is 0 Å². The van der Waals surface area contributed by atoms with Gasteiger partial charge in [-0.1, -0.05) is 42.5 Å². The van der Waals surface area contributed by atoms with Gasteiger partial charge in [0.25, 0.3) is 0 Å². The molecule has 0 saturated carbocycles. The van der Waals surface area contributed by atoms with Crippen LogP contribution in [0.5, 0.6) is 5.75 Å². The Morgan fingerprint density at radius 1 is 1.00 bits per heavy atom. The van der Waals surface area contributed by atoms with Gasteiger partial charge in [-0.25, -0.2) is 0 Å². The summed E-state index contributed by atoms with van der Waals surface area (Å²) in [7, 11) is 1.69. The molecular weight excluding hydrogens is 414 g/mol. The lowest BCUT2D eigenvalue weighted by Crippen LogP contribution is -2.53. The predicted molar refractivity (Wildman–Crippen MR) is 129 cm³/mol. The molecule has 2 fully saturated rings. The van der Waals surface area contributed by atoms with E-state index in [4.69, 9.17) is 4.74 Å². The number of amides is 2. The zero-order valence-corrected chi connectivity index (χ0v) is 19.6. The number of aryl methyl sites for hydroxylation is 1. The lowest BCUT2D eigenvalue weighted by Gasteiger charge is -2.39. The molecule has 0 aliphatic carbocycles. The van der Waals surface area contributed by atoms with Crippen molar-refractivity contribution in [2.75, 3.05) is 46.4 Å². The summed E-state index contributed by atoms with van der Waals surface area (Å²) in [5.74, 6) is 1.22. The lowest BCUT2D eigenvalue weighted by molar-refractivity contribution is -0.144. The monoisotopic (exact) mass is 449 g/mol. The third-order valence-electron chi connectivity index (χ3n) is 6.81. The van der Waals surface area contributed by atoms with E-state index < -0.39 is 0 Å². The maximum Gasteiger partial charge on any atom is 0.227 e. The number of hydrogen-bond acceptors (Lipinski definition) is 4. The number of likely N-dealkylation sites (tertiary alicyclic amines) is 1. The highest BCUT2D eigenvalue weighted by Crippen LogP contribution is 2.22. The lowest BCUT2D eigenvalue weighted by atomic mass is 9.95. The summed E-state index contributed by atoms with van der Waals surface area (Å²) in [6.45, 7) is 5.40. The first-order valence-electron chi connectivity index (χ1n) is 12.1. The Kier molecular flexibility index (Phi) is 8.00. The predicted octanol–water partition coefficient (Wildman–Crippen LogP) is 3.21. The second kappa shape index (κ2) is 11.3. The number of piperazine rings is 1. The Morgan fingerprint density at radius 2 is 1.76 bits per heavy atom. The Labute approximate surface area is 197 Å². The fourth-order valence-corrected chi connectivity index (χ4v) is 4.86. The van der Waals surface area contributed by atoms with Crippen LogP contribution < -0.4 is 4.74 Å². The van der Waals surface area contributed by atoms with Crippen LogP contribution in [0.1, 0.15) is 30.4 Å². The average Bonchev–Trinajstić information content (AvgIpc) is 2.86. The smallest absolute Gasteiger partial charge is 0.227 e. The zero-order chi connectivity index (χ0) is 23.0. The van der Waals surface area contributed by atoms with Gasteiger partial charge < -0.3 is 14.5 Å². The molecule has 2 amide bonds. The molecule has 6 nitrogen and oxygen atoms in total. The number of nitrogens with zero attached hydrogens (tertiary/aromatic N) is 3. The van der Waals surface area contributed by atoms with Gasteiger partial charge in [-0.3, -0.25) is 14.5 Å². The van der Waals surface area contributed by atoms with Crippen molar-refractivity contribution in [2.24, 2.45) is 5.92 Å². The number of ether oxygens (including phenoxy) is 1. The summed E-state index contributed by atoms with van der Waals surface area (Å²) in [4.78, 5) is 31.9. The molecular formula is C27H35N3O3. The van der Waals surface area contributed by atoms with Crippen molar-refractivity contribution in [1.82, 2.24) is 14.7 Å².